The van der Waals surface area contributed by atoms with Gasteiger partial charge >= 0.3 is 0 Å². The maximum atomic E-state index is 13.2. The zero-order valence-electron chi connectivity index (χ0n) is 13.9. The number of ether oxygens (including phenoxy) is 1. The standard InChI is InChI=1S/C20H14Br2ClF2NO/c21-16-7-13(10-26-15-5-6-19(25)18(23)9-15)8-17(22)20(16)27-11-12-1-3-14(24)4-2-12/h1-9,26H,10-11H2. The van der Waals surface area contributed by atoms with Crippen molar-refractivity contribution >= 4 is 49.1 Å². The molecule has 0 spiro atoms. The van der Waals surface area contributed by atoms with Crippen molar-refractivity contribution in [3.63, 3.8) is 0 Å². The van der Waals surface area contributed by atoms with Gasteiger partial charge in [0.2, 0.25) is 0 Å². The van der Waals surface area contributed by atoms with Gasteiger partial charge in [-0.05, 0) is 85.5 Å². The Hall–Kier alpha value is -1.63. The molecule has 0 aliphatic carbocycles. The van der Waals surface area contributed by atoms with Crippen molar-refractivity contribution in [2.24, 2.45) is 0 Å². The highest BCUT2D eigenvalue weighted by Gasteiger charge is 2.10. The third-order valence-corrected chi connectivity index (χ3v) is 5.24. The Morgan fingerprint density at radius 2 is 1.56 bits per heavy atom. The largest absolute Gasteiger partial charge is 0.487 e. The van der Waals surface area contributed by atoms with Crippen molar-refractivity contribution in [2.75, 3.05) is 5.32 Å². The van der Waals surface area contributed by atoms with Crippen LogP contribution in [-0.4, -0.2) is 0 Å². The molecule has 0 amide bonds. The summed E-state index contributed by atoms with van der Waals surface area (Å²) in [6.45, 7) is 0.848. The Morgan fingerprint density at radius 1 is 0.889 bits per heavy atom. The van der Waals surface area contributed by atoms with Crippen LogP contribution in [0.4, 0.5) is 14.5 Å². The molecule has 3 aromatic carbocycles. The summed E-state index contributed by atoms with van der Waals surface area (Å²) in [5, 5.41) is 3.27. The van der Waals surface area contributed by atoms with E-state index in [1.54, 1.807) is 24.3 Å². The lowest BCUT2D eigenvalue weighted by Gasteiger charge is -2.13. The van der Waals surface area contributed by atoms with Crippen LogP contribution < -0.4 is 10.1 Å². The Balaban J connectivity index is 1.66. The smallest absolute Gasteiger partial charge is 0.148 e. The summed E-state index contributed by atoms with van der Waals surface area (Å²) < 4.78 is 33.6. The summed E-state index contributed by atoms with van der Waals surface area (Å²) in [5.41, 5.74) is 2.59. The van der Waals surface area contributed by atoms with Crippen LogP contribution in [0.25, 0.3) is 0 Å². The molecular weight excluding hydrogens is 503 g/mol. The molecule has 0 atom stereocenters. The molecule has 3 aromatic rings. The molecule has 1 N–H and O–H groups in total. The Bertz CT molecular complexity index is 928. The van der Waals surface area contributed by atoms with Crippen LogP contribution >= 0.6 is 43.5 Å². The first kappa shape index (κ1) is 20.1. The minimum atomic E-state index is -0.449. The molecule has 140 valence electrons. The average molecular weight is 518 g/mol. The molecule has 0 saturated carbocycles. The van der Waals surface area contributed by atoms with Crippen LogP contribution in [-0.2, 0) is 13.2 Å². The van der Waals surface area contributed by atoms with Crippen LogP contribution in [0.5, 0.6) is 5.75 Å². The molecule has 2 nitrogen and oxygen atoms in total. The molecular formula is C20H14Br2ClF2NO. The lowest BCUT2D eigenvalue weighted by molar-refractivity contribution is 0.302. The monoisotopic (exact) mass is 515 g/mol. The number of hydrogen-bond acceptors (Lipinski definition) is 2. The predicted octanol–water partition coefficient (Wildman–Crippen LogP) is 7.33. The Kier molecular flexibility index (Phi) is 6.73. The van der Waals surface area contributed by atoms with Gasteiger partial charge in [-0.1, -0.05) is 23.7 Å². The molecule has 27 heavy (non-hydrogen) atoms. The molecule has 0 aromatic heterocycles. The first-order valence-corrected chi connectivity index (χ1v) is 9.93. The van der Waals surface area contributed by atoms with E-state index in [0.717, 1.165) is 25.8 Å². The van der Waals surface area contributed by atoms with E-state index in [2.05, 4.69) is 37.2 Å². The fraction of sp³-hybridized carbons (Fsp3) is 0.100. The molecule has 0 fully saturated rings. The number of benzene rings is 3. The van der Waals surface area contributed by atoms with E-state index in [1.807, 2.05) is 12.1 Å². The third kappa shape index (κ3) is 5.43. The van der Waals surface area contributed by atoms with Crippen molar-refractivity contribution in [1.82, 2.24) is 0 Å². The molecule has 0 saturated heterocycles. The van der Waals surface area contributed by atoms with Gasteiger partial charge in [0.05, 0.1) is 14.0 Å². The van der Waals surface area contributed by atoms with E-state index >= 15 is 0 Å². The van der Waals surface area contributed by atoms with Gasteiger partial charge in [0, 0.05) is 12.2 Å². The number of rotatable bonds is 6. The lowest BCUT2D eigenvalue weighted by Crippen LogP contribution is -2.02. The summed E-state index contributed by atoms with van der Waals surface area (Å²) in [6.07, 6.45) is 0. The zero-order chi connectivity index (χ0) is 19.4. The minimum absolute atomic E-state index is 0.0758. The molecule has 0 aliphatic rings. The SMILES string of the molecule is Fc1ccc(COc2c(Br)cc(CNc3ccc(F)c(Cl)c3)cc2Br)cc1. The van der Waals surface area contributed by atoms with Gasteiger partial charge in [-0.15, -0.1) is 0 Å². The topological polar surface area (TPSA) is 21.3 Å². The van der Waals surface area contributed by atoms with Crippen molar-refractivity contribution in [1.29, 1.82) is 0 Å². The van der Waals surface area contributed by atoms with E-state index in [9.17, 15) is 8.78 Å². The Labute approximate surface area is 177 Å². The second-order valence-electron chi connectivity index (χ2n) is 5.79. The van der Waals surface area contributed by atoms with E-state index in [4.69, 9.17) is 16.3 Å². The van der Waals surface area contributed by atoms with Crippen LogP contribution in [0.1, 0.15) is 11.1 Å². The maximum absolute atomic E-state index is 13.2. The normalized spacial score (nSPS) is 10.7. The summed E-state index contributed by atoms with van der Waals surface area (Å²) in [7, 11) is 0. The third-order valence-electron chi connectivity index (χ3n) is 3.77. The van der Waals surface area contributed by atoms with E-state index < -0.39 is 5.82 Å². The van der Waals surface area contributed by atoms with Crippen LogP contribution in [0, 0.1) is 11.6 Å². The number of halogens is 5. The van der Waals surface area contributed by atoms with E-state index in [-0.39, 0.29) is 10.8 Å². The van der Waals surface area contributed by atoms with Gasteiger partial charge in [0.25, 0.3) is 0 Å². The lowest BCUT2D eigenvalue weighted by atomic mass is 10.2. The average Bonchev–Trinajstić information content (AvgIpc) is 2.63. The molecule has 0 bridgehead atoms. The number of anilines is 1. The van der Waals surface area contributed by atoms with Gasteiger partial charge in [0.15, 0.2) is 0 Å². The highest BCUT2D eigenvalue weighted by Crippen LogP contribution is 2.35. The van der Waals surface area contributed by atoms with Gasteiger partial charge in [0.1, 0.15) is 24.0 Å². The first-order chi connectivity index (χ1) is 12.9. The fourth-order valence-electron chi connectivity index (χ4n) is 2.40. The summed E-state index contributed by atoms with van der Waals surface area (Å²) in [4.78, 5) is 0. The summed E-state index contributed by atoms with van der Waals surface area (Å²) >= 11 is 12.8. The van der Waals surface area contributed by atoms with Crippen molar-refractivity contribution in [3.05, 3.63) is 91.3 Å². The minimum Gasteiger partial charge on any atom is -0.487 e. The number of nitrogens with one attached hydrogen (secondary N) is 1. The van der Waals surface area contributed by atoms with Crippen molar-refractivity contribution in [3.8, 4) is 5.75 Å². The number of hydrogen-bond donors (Lipinski definition) is 1. The molecule has 0 aliphatic heterocycles. The van der Waals surface area contributed by atoms with Gasteiger partial charge in [-0.25, -0.2) is 8.78 Å². The summed E-state index contributed by atoms with van der Waals surface area (Å²) in [5.74, 6) is -0.0660. The Morgan fingerprint density at radius 3 is 2.19 bits per heavy atom. The molecule has 3 rings (SSSR count). The van der Waals surface area contributed by atoms with Crippen molar-refractivity contribution in [2.45, 2.75) is 13.2 Å². The first-order valence-electron chi connectivity index (χ1n) is 7.96. The highest BCUT2D eigenvalue weighted by atomic mass is 79.9. The van der Waals surface area contributed by atoms with Gasteiger partial charge in [-0.2, -0.15) is 0 Å². The molecule has 0 radical (unpaired) electrons. The molecule has 0 unspecified atom stereocenters. The quantitative estimate of drug-likeness (QED) is 0.370. The molecule has 7 heteroatoms. The van der Waals surface area contributed by atoms with Gasteiger partial charge in [-0.3, -0.25) is 0 Å². The maximum Gasteiger partial charge on any atom is 0.148 e. The second kappa shape index (κ2) is 9.04. The summed E-state index contributed by atoms with van der Waals surface area (Å²) in [6, 6.07) is 14.5. The predicted molar refractivity (Wildman–Crippen MR) is 111 cm³/mol. The molecule has 0 heterocycles. The van der Waals surface area contributed by atoms with Crippen LogP contribution in [0.3, 0.4) is 0 Å². The fourth-order valence-corrected chi connectivity index (χ4v) is 4.09. The van der Waals surface area contributed by atoms with E-state index in [0.29, 0.717) is 18.9 Å². The highest BCUT2D eigenvalue weighted by molar-refractivity contribution is 9.11. The van der Waals surface area contributed by atoms with Crippen LogP contribution in [0.15, 0.2) is 63.5 Å². The van der Waals surface area contributed by atoms with Crippen LogP contribution in [0.2, 0.25) is 5.02 Å². The van der Waals surface area contributed by atoms with Gasteiger partial charge < -0.3 is 10.1 Å². The zero-order valence-corrected chi connectivity index (χ0v) is 17.8. The van der Waals surface area contributed by atoms with Crippen molar-refractivity contribution < 1.29 is 13.5 Å². The van der Waals surface area contributed by atoms with E-state index in [1.165, 1.54) is 18.2 Å². The second-order valence-corrected chi connectivity index (χ2v) is 7.90.